The number of nitrogens with zero attached hydrogens (tertiary/aromatic N) is 4. The Morgan fingerprint density at radius 3 is 2.53 bits per heavy atom. The van der Waals surface area contributed by atoms with E-state index in [-0.39, 0.29) is 16.8 Å². The number of aryl methyl sites for hydroxylation is 1. The molecule has 32 heavy (non-hydrogen) atoms. The summed E-state index contributed by atoms with van der Waals surface area (Å²) in [6, 6.07) is 15.3. The van der Waals surface area contributed by atoms with E-state index in [1.54, 1.807) is 42.5 Å². The zero-order valence-electron chi connectivity index (χ0n) is 17.6. The quantitative estimate of drug-likeness (QED) is 0.377. The van der Waals surface area contributed by atoms with E-state index in [0.717, 1.165) is 10.2 Å². The van der Waals surface area contributed by atoms with E-state index in [0.29, 0.717) is 16.8 Å². The van der Waals surface area contributed by atoms with Crippen LogP contribution in [0.3, 0.4) is 0 Å². The summed E-state index contributed by atoms with van der Waals surface area (Å²) in [7, 11) is 1.29. The summed E-state index contributed by atoms with van der Waals surface area (Å²) in [5.74, 6) is -1.14. The molecule has 0 saturated heterocycles. The molecular formula is C23H19N5O4. The highest BCUT2D eigenvalue weighted by molar-refractivity contribution is 5.95. The lowest BCUT2D eigenvalue weighted by molar-refractivity contribution is 0.0600. The third kappa shape index (κ3) is 4.60. The first-order chi connectivity index (χ1) is 15.3. The van der Waals surface area contributed by atoms with E-state index in [9.17, 15) is 19.6 Å². The van der Waals surface area contributed by atoms with E-state index >= 15 is 0 Å². The summed E-state index contributed by atoms with van der Waals surface area (Å²) in [6.45, 7) is 3.34. The van der Waals surface area contributed by atoms with Gasteiger partial charge >= 0.3 is 5.97 Å². The molecule has 2 aromatic carbocycles. The summed E-state index contributed by atoms with van der Waals surface area (Å²) in [4.78, 5) is 36.9. The molecule has 0 aliphatic rings. The number of aromatic nitrogens is 2. The van der Waals surface area contributed by atoms with Gasteiger partial charge in [-0.25, -0.2) is 10.2 Å². The standard InChI is InChI=1S/C23H19N5O4/c1-14-5-4-6-18(11-14)28-22(30)19(12-24)15(2)20(27-28)21(29)26-25-13-16-7-9-17(10-8-16)23(31)32-3/h4-11,13H,1-3H3,(H,26,29)/b25-13+. The summed E-state index contributed by atoms with van der Waals surface area (Å²) in [6.07, 6.45) is 1.38. The van der Waals surface area contributed by atoms with Gasteiger partial charge in [0.1, 0.15) is 11.6 Å². The summed E-state index contributed by atoms with van der Waals surface area (Å²) >= 11 is 0. The van der Waals surface area contributed by atoms with Crippen molar-refractivity contribution in [2.75, 3.05) is 7.11 Å². The second kappa shape index (κ2) is 9.49. The molecule has 9 nitrogen and oxygen atoms in total. The Hall–Kier alpha value is -4.58. The maximum atomic E-state index is 12.7. The molecule has 0 spiro atoms. The van der Waals surface area contributed by atoms with E-state index in [4.69, 9.17) is 0 Å². The molecule has 0 unspecified atom stereocenters. The van der Waals surface area contributed by atoms with Crippen LogP contribution in [-0.2, 0) is 4.74 Å². The van der Waals surface area contributed by atoms with Crippen molar-refractivity contribution >= 4 is 18.1 Å². The highest BCUT2D eigenvalue weighted by atomic mass is 16.5. The number of benzene rings is 2. The van der Waals surface area contributed by atoms with Crippen molar-refractivity contribution in [2.45, 2.75) is 13.8 Å². The Labute approximate surface area is 183 Å². The van der Waals surface area contributed by atoms with Gasteiger partial charge in [-0.05, 0) is 49.2 Å². The van der Waals surface area contributed by atoms with Gasteiger partial charge in [0.15, 0.2) is 5.69 Å². The minimum Gasteiger partial charge on any atom is -0.465 e. The first-order valence-electron chi connectivity index (χ1n) is 9.48. The fraction of sp³-hybridized carbons (Fsp3) is 0.130. The van der Waals surface area contributed by atoms with E-state index < -0.39 is 17.4 Å². The number of rotatable bonds is 5. The number of nitriles is 1. The Morgan fingerprint density at radius 1 is 1.19 bits per heavy atom. The average molecular weight is 429 g/mol. The molecule has 0 bridgehead atoms. The first-order valence-corrected chi connectivity index (χ1v) is 9.48. The lowest BCUT2D eigenvalue weighted by atomic mass is 10.1. The lowest BCUT2D eigenvalue weighted by Gasteiger charge is -2.11. The molecule has 0 atom stereocenters. The Morgan fingerprint density at radius 2 is 1.91 bits per heavy atom. The van der Waals surface area contributed by atoms with Gasteiger partial charge in [-0.2, -0.15) is 20.1 Å². The van der Waals surface area contributed by atoms with Crippen molar-refractivity contribution in [1.29, 1.82) is 5.26 Å². The third-order valence-electron chi connectivity index (χ3n) is 4.62. The maximum Gasteiger partial charge on any atom is 0.337 e. The first kappa shape index (κ1) is 22.1. The molecule has 0 saturated carbocycles. The molecule has 9 heteroatoms. The molecule has 0 radical (unpaired) electrons. The van der Waals surface area contributed by atoms with Crippen molar-refractivity contribution in [1.82, 2.24) is 15.2 Å². The second-order valence-electron chi connectivity index (χ2n) is 6.83. The fourth-order valence-electron chi connectivity index (χ4n) is 2.93. The number of hydrogen-bond acceptors (Lipinski definition) is 7. The predicted molar refractivity (Wildman–Crippen MR) is 117 cm³/mol. The van der Waals surface area contributed by atoms with Gasteiger partial charge in [0.25, 0.3) is 11.5 Å². The highest BCUT2D eigenvalue weighted by Gasteiger charge is 2.20. The van der Waals surface area contributed by atoms with Gasteiger partial charge in [-0.15, -0.1) is 0 Å². The molecule has 3 rings (SSSR count). The minimum absolute atomic E-state index is 0.0964. The van der Waals surface area contributed by atoms with Crippen LogP contribution in [0.2, 0.25) is 0 Å². The second-order valence-corrected chi connectivity index (χ2v) is 6.83. The topological polar surface area (TPSA) is 126 Å². The minimum atomic E-state index is -0.678. The third-order valence-corrected chi connectivity index (χ3v) is 4.62. The number of amides is 1. The monoisotopic (exact) mass is 429 g/mol. The Balaban J connectivity index is 1.88. The van der Waals surface area contributed by atoms with Crippen LogP contribution in [-0.4, -0.2) is 35.0 Å². The van der Waals surface area contributed by atoms with Crippen molar-refractivity contribution in [3.63, 3.8) is 0 Å². The summed E-state index contributed by atoms with van der Waals surface area (Å²) in [5.41, 5.74) is 3.98. The van der Waals surface area contributed by atoms with E-state index in [1.807, 2.05) is 19.1 Å². The van der Waals surface area contributed by atoms with Crippen molar-refractivity contribution in [3.8, 4) is 11.8 Å². The van der Waals surface area contributed by atoms with Crippen LogP contribution in [0.15, 0.2) is 58.4 Å². The predicted octanol–water partition coefficient (Wildman–Crippen LogP) is 2.27. The molecule has 0 aliphatic heterocycles. The molecule has 1 aromatic heterocycles. The number of hydrazone groups is 1. The van der Waals surface area contributed by atoms with Gasteiger partial charge in [0, 0.05) is 5.56 Å². The highest BCUT2D eigenvalue weighted by Crippen LogP contribution is 2.12. The molecule has 0 fully saturated rings. The molecule has 1 N–H and O–H groups in total. The van der Waals surface area contributed by atoms with Crippen LogP contribution in [0, 0.1) is 25.2 Å². The molecule has 1 heterocycles. The number of nitrogens with one attached hydrogen (secondary N) is 1. The van der Waals surface area contributed by atoms with Crippen LogP contribution in [0.4, 0.5) is 0 Å². The lowest BCUT2D eigenvalue weighted by Crippen LogP contribution is -2.31. The number of methoxy groups -OCH3 is 1. The van der Waals surface area contributed by atoms with Gasteiger partial charge < -0.3 is 4.74 Å². The van der Waals surface area contributed by atoms with Gasteiger partial charge in [-0.1, -0.05) is 24.3 Å². The number of hydrogen-bond donors (Lipinski definition) is 1. The molecule has 160 valence electrons. The van der Waals surface area contributed by atoms with Crippen LogP contribution in [0.5, 0.6) is 0 Å². The largest absolute Gasteiger partial charge is 0.465 e. The summed E-state index contributed by atoms with van der Waals surface area (Å²) < 4.78 is 5.67. The number of carbonyl (C=O) groups excluding carboxylic acids is 2. The molecule has 1 amide bonds. The average Bonchev–Trinajstić information content (AvgIpc) is 2.79. The van der Waals surface area contributed by atoms with Gasteiger partial charge in [-0.3, -0.25) is 9.59 Å². The number of carbonyl (C=O) groups is 2. The summed E-state index contributed by atoms with van der Waals surface area (Å²) in [5, 5.41) is 17.5. The number of esters is 1. The Kier molecular flexibility index (Phi) is 6.56. The van der Waals surface area contributed by atoms with Crippen LogP contribution in [0.25, 0.3) is 5.69 Å². The molecular weight excluding hydrogens is 410 g/mol. The Bertz CT molecular complexity index is 1320. The van der Waals surface area contributed by atoms with Gasteiger partial charge in [0.2, 0.25) is 0 Å². The van der Waals surface area contributed by atoms with Crippen LogP contribution in [0.1, 0.15) is 43.1 Å². The molecule has 0 aliphatic carbocycles. The maximum absolute atomic E-state index is 12.7. The smallest absolute Gasteiger partial charge is 0.337 e. The van der Waals surface area contributed by atoms with Gasteiger partial charge in [0.05, 0.1) is 24.6 Å². The van der Waals surface area contributed by atoms with Crippen LogP contribution >= 0.6 is 0 Å². The van der Waals surface area contributed by atoms with E-state index in [2.05, 4.69) is 20.4 Å². The van der Waals surface area contributed by atoms with Crippen molar-refractivity contribution < 1.29 is 14.3 Å². The van der Waals surface area contributed by atoms with Crippen molar-refractivity contribution in [2.24, 2.45) is 5.10 Å². The number of ether oxygens (including phenoxy) is 1. The normalized spacial score (nSPS) is 10.6. The SMILES string of the molecule is COC(=O)c1ccc(/C=N/NC(=O)c2nn(-c3cccc(C)c3)c(=O)c(C#N)c2C)cc1. The van der Waals surface area contributed by atoms with E-state index in [1.165, 1.54) is 20.2 Å². The zero-order valence-corrected chi connectivity index (χ0v) is 17.6. The fourth-order valence-corrected chi connectivity index (χ4v) is 2.93. The van der Waals surface area contributed by atoms with Crippen LogP contribution < -0.4 is 11.0 Å². The zero-order chi connectivity index (χ0) is 23.3. The van der Waals surface area contributed by atoms with Crippen molar-refractivity contribution in [3.05, 3.63) is 92.4 Å². The molecule has 3 aromatic rings.